The van der Waals surface area contributed by atoms with Crippen molar-refractivity contribution in [1.82, 2.24) is 14.8 Å². The van der Waals surface area contributed by atoms with E-state index < -0.39 is 0 Å². The lowest BCUT2D eigenvalue weighted by Crippen LogP contribution is -2.45. The fourth-order valence-corrected chi connectivity index (χ4v) is 3.76. The maximum absolute atomic E-state index is 12.6. The summed E-state index contributed by atoms with van der Waals surface area (Å²) in [7, 11) is 1.61. The number of ether oxygens (including phenoxy) is 2. The minimum absolute atomic E-state index is 0.0406. The van der Waals surface area contributed by atoms with Gasteiger partial charge in [0.25, 0.3) is 0 Å². The number of methoxy groups -OCH3 is 1. The third kappa shape index (κ3) is 3.45. The molecule has 2 amide bonds. The van der Waals surface area contributed by atoms with Crippen molar-refractivity contribution in [3.63, 3.8) is 0 Å². The number of hydrogen-bond acceptors (Lipinski definition) is 5. The molecule has 1 unspecified atom stereocenters. The van der Waals surface area contributed by atoms with E-state index in [0.717, 1.165) is 62.3 Å². The lowest BCUT2D eigenvalue weighted by molar-refractivity contribution is 0.0192. The fourth-order valence-electron chi connectivity index (χ4n) is 3.76. The van der Waals surface area contributed by atoms with E-state index in [9.17, 15) is 4.79 Å². The quantitative estimate of drug-likeness (QED) is 0.913. The largest absolute Gasteiger partial charge is 0.481 e. The highest BCUT2D eigenvalue weighted by atomic mass is 16.5. The van der Waals surface area contributed by atoms with E-state index in [1.807, 2.05) is 29.2 Å². The number of amides is 2. The molecule has 0 radical (unpaired) electrons. The highest BCUT2D eigenvalue weighted by Crippen LogP contribution is 2.26. The number of fused-ring (bicyclic) bond motifs is 1. The number of pyridine rings is 1. The zero-order valence-corrected chi connectivity index (χ0v) is 15.0. The Hall–Kier alpha value is -2.38. The molecule has 3 heterocycles. The summed E-state index contributed by atoms with van der Waals surface area (Å²) in [4.78, 5) is 21.2. The van der Waals surface area contributed by atoms with Crippen molar-refractivity contribution in [2.24, 2.45) is 0 Å². The fraction of sp³-hybridized carbons (Fsp3) is 0.474. The monoisotopic (exact) mass is 356 g/mol. The van der Waals surface area contributed by atoms with Gasteiger partial charge in [-0.05, 0) is 36.1 Å². The van der Waals surface area contributed by atoms with Crippen molar-refractivity contribution in [2.75, 3.05) is 51.8 Å². The normalized spacial score (nSPS) is 21.1. The van der Waals surface area contributed by atoms with Crippen molar-refractivity contribution in [1.29, 1.82) is 0 Å². The van der Waals surface area contributed by atoms with Gasteiger partial charge in [-0.3, -0.25) is 4.90 Å². The molecule has 2 aliphatic rings. The number of nitrogens with zero attached hydrogens (tertiary/aromatic N) is 3. The molecule has 7 nitrogen and oxygen atoms in total. The molecule has 0 aliphatic carbocycles. The average Bonchev–Trinajstić information content (AvgIpc) is 3.18. The standard InChI is InChI=1S/C19H24N4O3/c1-25-18-17-3-2-15(12-14(17)4-6-20-18)21-19(24)23-7-5-16(13-23)22-8-10-26-11-9-22/h2-4,6,12,16H,5,7-11,13H2,1H3,(H,21,24). The van der Waals surface area contributed by atoms with Crippen LogP contribution >= 0.6 is 0 Å². The molecule has 0 spiro atoms. The number of hydrogen-bond donors (Lipinski definition) is 1. The lowest BCUT2D eigenvalue weighted by Gasteiger charge is -2.32. The van der Waals surface area contributed by atoms with Crippen LogP contribution in [0.25, 0.3) is 10.8 Å². The van der Waals surface area contributed by atoms with Gasteiger partial charge >= 0.3 is 6.03 Å². The van der Waals surface area contributed by atoms with Gasteiger partial charge in [0.1, 0.15) is 0 Å². The first-order valence-corrected chi connectivity index (χ1v) is 9.05. The van der Waals surface area contributed by atoms with Crippen molar-refractivity contribution < 1.29 is 14.3 Å². The topological polar surface area (TPSA) is 66.9 Å². The van der Waals surface area contributed by atoms with Crippen LogP contribution in [0.2, 0.25) is 0 Å². The van der Waals surface area contributed by atoms with Gasteiger partial charge < -0.3 is 19.7 Å². The van der Waals surface area contributed by atoms with Gasteiger partial charge in [0.05, 0.1) is 20.3 Å². The summed E-state index contributed by atoms with van der Waals surface area (Å²) in [6.45, 7) is 5.06. The Morgan fingerprint density at radius 2 is 2.12 bits per heavy atom. The average molecular weight is 356 g/mol. The predicted octanol–water partition coefficient (Wildman–Crippen LogP) is 2.18. The van der Waals surface area contributed by atoms with Gasteiger partial charge in [-0.25, -0.2) is 9.78 Å². The number of likely N-dealkylation sites (tertiary alicyclic amines) is 1. The van der Waals surface area contributed by atoms with E-state index >= 15 is 0 Å². The van der Waals surface area contributed by atoms with Gasteiger partial charge in [-0.2, -0.15) is 0 Å². The first-order chi connectivity index (χ1) is 12.7. The maximum Gasteiger partial charge on any atom is 0.321 e. The second-order valence-corrected chi connectivity index (χ2v) is 6.72. The van der Waals surface area contributed by atoms with Gasteiger partial charge in [0, 0.05) is 49.5 Å². The Balaban J connectivity index is 1.41. The van der Waals surface area contributed by atoms with Crippen molar-refractivity contribution in [2.45, 2.75) is 12.5 Å². The van der Waals surface area contributed by atoms with E-state index in [1.54, 1.807) is 13.3 Å². The van der Waals surface area contributed by atoms with Crippen LogP contribution in [0.1, 0.15) is 6.42 Å². The van der Waals surface area contributed by atoms with Crippen LogP contribution in [-0.2, 0) is 4.74 Å². The summed E-state index contributed by atoms with van der Waals surface area (Å²) < 4.78 is 10.7. The molecule has 138 valence electrons. The number of carbonyl (C=O) groups excluding carboxylic acids is 1. The number of anilines is 1. The van der Waals surface area contributed by atoms with Gasteiger partial charge in [-0.15, -0.1) is 0 Å². The summed E-state index contributed by atoms with van der Waals surface area (Å²) in [6.07, 6.45) is 2.73. The molecular formula is C19H24N4O3. The van der Waals surface area contributed by atoms with Crippen LogP contribution < -0.4 is 10.1 Å². The zero-order chi connectivity index (χ0) is 17.9. The predicted molar refractivity (Wildman–Crippen MR) is 99.7 cm³/mol. The minimum Gasteiger partial charge on any atom is -0.481 e. The Kier molecular flexibility index (Phi) is 4.90. The zero-order valence-electron chi connectivity index (χ0n) is 15.0. The van der Waals surface area contributed by atoms with Crippen molar-refractivity contribution in [3.05, 3.63) is 30.5 Å². The molecular weight excluding hydrogens is 332 g/mol. The number of urea groups is 1. The summed E-state index contributed by atoms with van der Waals surface area (Å²) in [5, 5.41) is 4.94. The second-order valence-electron chi connectivity index (χ2n) is 6.72. The summed E-state index contributed by atoms with van der Waals surface area (Å²) in [5.74, 6) is 0.591. The molecule has 4 rings (SSSR count). The molecule has 26 heavy (non-hydrogen) atoms. The second kappa shape index (κ2) is 7.47. The Morgan fingerprint density at radius 3 is 2.92 bits per heavy atom. The maximum atomic E-state index is 12.6. The van der Waals surface area contributed by atoms with Crippen LogP contribution in [0.4, 0.5) is 10.5 Å². The Labute approximate surface area is 152 Å². The van der Waals surface area contributed by atoms with Crippen LogP contribution in [0, 0.1) is 0 Å². The SMILES string of the molecule is COc1nccc2cc(NC(=O)N3CCC(N4CCOCC4)C3)ccc12. The number of carbonyl (C=O) groups is 1. The Bertz CT molecular complexity index is 791. The summed E-state index contributed by atoms with van der Waals surface area (Å²) in [5.41, 5.74) is 0.783. The number of morpholine rings is 1. The number of benzene rings is 1. The number of aromatic nitrogens is 1. The molecule has 1 N–H and O–H groups in total. The Morgan fingerprint density at radius 1 is 1.27 bits per heavy atom. The summed E-state index contributed by atoms with van der Waals surface area (Å²) >= 11 is 0. The number of rotatable bonds is 3. The third-order valence-corrected chi connectivity index (χ3v) is 5.19. The van der Waals surface area contributed by atoms with Crippen LogP contribution in [0.5, 0.6) is 5.88 Å². The molecule has 2 saturated heterocycles. The summed E-state index contributed by atoms with van der Waals surface area (Å²) in [6, 6.07) is 8.08. The van der Waals surface area contributed by atoms with E-state index in [2.05, 4.69) is 15.2 Å². The molecule has 1 aromatic heterocycles. The highest BCUT2D eigenvalue weighted by molar-refractivity contribution is 5.95. The smallest absolute Gasteiger partial charge is 0.321 e. The first kappa shape index (κ1) is 17.1. The van der Waals surface area contributed by atoms with Gasteiger partial charge in [0.2, 0.25) is 5.88 Å². The molecule has 0 saturated carbocycles. The van der Waals surface area contributed by atoms with Gasteiger partial charge in [0.15, 0.2) is 0 Å². The van der Waals surface area contributed by atoms with E-state index in [-0.39, 0.29) is 6.03 Å². The molecule has 2 fully saturated rings. The van der Waals surface area contributed by atoms with E-state index in [0.29, 0.717) is 11.9 Å². The molecule has 1 atom stereocenters. The molecule has 0 bridgehead atoms. The minimum atomic E-state index is -0.0406. The molecule has 1 aromatic carbocycles. The van der Waals surface area contributed by atoms with Crippen LogP contribution in [-0.4, -0.2) is 73.4 Å². The molecule has 2 aliphatic heterocycles. The van der Waals surface area contributed by atoms with Crippen molar-refractivity contribution >= 4 is 22.5 Å². The lowest BCUT2D eigenvalue weighted by atomic mass is 10.1. The highest BCUT2D eigenvalue weighted by Gasteiger charge is 2.31. The van der Waals surface area contributed by atoms with Gasteiger partial charge in [-0.1, -0.05) is 0 Å². The number of nitrogens with one attached hydrogen (secondary N) is 1. The molecule has 7 heteroatoms. The van der Waals surface area contributed by atoms with Crippen molar-refractivity contribution in [3.8, 4) is 5.88 Å². The van der Waals surface area contributed by atoms with Crippen LogP contribution in [0.3, 0.4) is 0 Å². The van der Waals surface area contributed by atoms with E-state index in [4.69, 9.17) is 9.47 Å². The third-order valence-electron chi connectivity index (χ3n) is 5.19. The molecule has 2 aromatic rings. The first-order valence-electron chi connectivity index (χ1n) is 9.05. The van der Waals surface area contributed by atoms with Crippen LogP contribution in [0.15, 0.2) is 30.5 Å². The van der Waals surface area contributed by atoms with E-state index in [1.165, 1.54) is 0 Å².